The van der Waals surface area contributed by atoms with Crippen molar-refractivity contribution in [2.75, 3.05) is 7.05 Å². The Morgan fingerprint density at radius 2 is 1.85 bits per heavy atom. The molecule has 20 heavy (non-hydrogen) atoms. The standard InChI is InChI=1S/C17H19F2N/c1-11-7-12(2)17(15(19)8-11)16(20-3)10-13-5-4-6-14(18)9-13/h4-9,16,20H,10H2,1-3H3. The van der Waals surface area contributed by atoms with E-state index in [4.69, 9.17) is 0 Å². The molecule has 2 rings (SSSR count). The second-order valence-electron chi connectivity index (χ2n) is 5.15. The van der Waals surface area contributed by atoms with Gasteiger partial charge in [0.25, 0.3) is 0 Å². The van der Waals surface area contributed by atoms with Crippen LogP contribution in [0.2, 0.25) is 0 Å². The van der Waals surface area contributed by atoms with Gasteiger partial charge in [0.15, 0.2) is 0 Å². The Morgan fingerprint density at radius 3 is 2.45 bits per heavy atom. The number of hydrogen-bond acceptors (Lipinski definition) is 1. The lowest BCUT2D eigenvalue weighted by molar-refractivity contribution is 0.528. The maximum atomic E-state index is 14.2. The number of halogens is 2. The second-order valence-corrected chi connectivity index (χ2v) is 5.15. The van der Waals surface area contributed by atoms with Crippen LogP contribution in [0.5, 0.6) is 0 Å². The zero-order valence-electron chi connectivity index (χ0n) is 12.0. The highest BCUT2D eigenvalue weighted by Crippen LogP contribution is 2.25. The van der Waals surface area contributed by atoms with Crippen LogP contribution in [0.25, 0.3) is 0 Å². The molecule has 0 bridgehead atoms. The lowest BCUT2D eigenvalue weighted by Gasteiger charge is -2.20. The molecule has 1 unspecified atom stereocenters. The van der Waals surface area contributed by atoms with E-state index in [0.717, 1.165) is 16.7 Å². The number of likely N-dealkylation sites (N-methyl/N-ethyl adjacent to an activating group) is 1. The van der Waals surface area contributed by atoms with Gasteiger partial charge < -0.3 is 5.32 Å². The Balaban J connectivity index is 2.34. The molecule has 1 N–H and O–H groups in total. The molecule has 0 aromatic heterocycles. The van der Waals surface area contributed by atoms with E-state index in [1.165, 1.54) is 18.2 Å². The van der Waals surface area contributed by atoms with Gasteiger partial charge in [-0.3, -0.25) is 0 Å². The van der Waals surface area contributed by atoms with Crippen molar-refractivity contribution in [1.29, 1.82) is 0 Å². The first kappa shape index (κ1) is 14.7. The normalized spacial score (nSPS) is 12.4. The van der Waals surface area contributed by atoms with E-state index in [2.05, 4.69) is 5.32 Å². The van der Waals surface area contributed by atoms with Gasteiger partial charge in [-0.1, -0.05) is 18.2 Å². The summed E-state index contributed by atoms with van der Waals surface area (Å²) >= 11 is 0. The third kappa shape index (κ3) is 3.23. The minimum Gasteiger partial charge on any atom is -0.313 e. The van der Waals surface area contributed by atoms with Crippen molar-refractivity contribution < 1.29 is 8.78 Å². The molecule has 1 atom stereocenters. The summed E-state index contributed by atoms with van der Waals surface area (Å²) in [7, 11) is 1.79. The number of benzene rings is 2. The predicted molar refractivity (Wildman–Crippen MR) is 77.8 cm³/mol. The summed E-state index contributed by atoms with van der Waals surface area (Å²) in [6, 6.07) is 9.77. The maximum absolute atomic E-state index is 14.2. The van der Waals surface area contributed by atoms with Crippen LogP contribution in [0.3, 0.4) is 0 Å². The zero-order valence-corrected chi connectivity index (χ0v) is 12.0. The van der Waals surface area contributed by atoms with Crippen molar-refractivity contribution in [3.63, 3.8) is 0 Å². The molecule has 2 aromatic carbocycles. The van der Waals surface area contributed by atoms with Gasteiger partial charge in [-0.25, -0.2) is 8.78 Å². The monoisotopic (exact) mass is 275 g/mol. The molecular weight excluding hydrogens is 256 g/mol. The van der Waals surface area contributed by atoms with Gasteiger partial charge in [0.1, 0.15) is 11.6 Å². The van der Waals surface area contributed by atoms with Crippen LogP contribution in [-0.2, 0) is 6.42 Å². The Bertz CT molecular complexity index is 585. The first-order chi connectivity index (χ1) is 9.51. The fraction of sp³-hybridized carbons (Fsp3) is 0.294. The van der Waals surface area contributed by atoms with Crippen LogP contribution in [0, 0.1) is 25.5 Å². The first-order valence-corrected chi connectivity index (χ1v) is 6.69. The Kier molecular flexibility index (Phi) is 4.50. The average molecular weight is 275 g/mol. The largest absolute Gasteiger partial charge is 0.313 e. The topological polar surface area (TPSA) is 12.0 Å². The molecule has 0 aliphatic rings. The third-order valence-corrected chi connectivity index (χ3v) is 3.51. The van der Waals surface area contributed by atoms with Gasteiger partial charge in [-0.15, -0.1) is 0 Å². The first-order valence-electron chi connectivity index (χ1n) is 6.69. The molecule has 106 valence electrons. The summed E-state index contributed by atoms with van der Waals surface area (Å²) in [6.45, 7) is 3.78. The van der Waals surface area contributed by atoms with E-state index in [1.54, 1.807) is 13.1 Å². The van der Waals surface area contributed by atoms with Crippen LogP contribution in [0.4, 0.5) is 8.78 Å². The van der Waals surface area contributed by atoms with E-state index in [1.807, 2.05) is 26.0 Å². The fourth-order valence-corrected chi connectivity index (χ4v) is 2.62. The van der Waals surface area contributed by atoms with Crippen molar-refractivity contribution in [3.8, 4) is 0 Å². The zero-order chi connectivity index (χ0) is 14.7. The number of nitrogens with one attached hydrogen (secondary N) is 1. The van der Waals surface area contributed by atoms with Crippen LogP contribution in [0.15, 0.2) is 36.4 Å². The third-order valence-electron chi connectivity index (χ3n) is 3.51. The summed E-state index contributed by atoms with van der Waals surface area (Å²) in [5, 5.41) is 3.12. The summed E-state index contributed by atoms with van der Waals surface area (Å²) < 4.78 is 27.5. The summed E-state index contributed by atoms with van der Waals surface area (Å²) in [5.74, 6) is -0.475. The van der Waals surface area contributed by atoms with E-state index < -0.39 is 0 Å². The highest BCUT2D eigenvalue weighted by molar-refractivity contribution is 5.35. The second kappa shape index (κ2) is 6.14. The van der Waals surface area contributed by atoms with Gasteiger partial charge >= 0.3 is 0 Å². The number of hydrogen-bond donors (Lipinski definition) is 1. The molecule has 0 amide bonds. The molecule has 0 spiro atoms. The quantitative estimate of drug-likeness (QED) is 0.886. The summed E-state index contributed by atoms with van der Waals surface area (Å²) in [5.41, 5.74) is 3.33. The van der Waals surface area contributed by atoms with Crippen LogP contribution in [-0.4, -0.2) is 7.05 Å². The van der Waals surface area contributed by atoms with E-state index in [9.17, 15) is 8.78 Å². The van der Waals surface area contributed by atoms with Crippen molar-refractivity contribution >= 4 is 0 Å². The molecule has 0 heterocycles. The van der Waals surface area contributed by atoms with E-state index >= 15 is 0 Å². The van der Waals surface area contributed by atoms with Crippen molar-refractivity contribution in [3.05, 3.63) is 70.3 Å². The fourth-order valence-electron chi connectivity index (χ4n) is 2.62. The average Bonchev–Trinajstić information content (AvgIpc) is 2.36. The summed E-state index contributed by atoms with van der Waals surface area (Å²) in [4.78, 5) is 0. The van der Waals surface area contributed by atoms with Gasteiger partial charge in [0.2, 0.25) is 0 Å². The molecule has 0 aliphatic carbocycles. The molecule has 3 heteroatoms. The highest BCUT2D eigenvalue weighted by Gasteiger charge is 2.17. The van der Waals surface area contributed by atoms with Crippen molar-refractivity contribution in [2.45, 2.75) is 26.3 Å². The molecular formula is C17H19F2N. The molecule has 0 aliphatic heterocycles. The van der Waals surface area contributed by atoms with Gasteiger partial charge in [0.05, 0.1) is 0 Å². The molecule has 0 fully saturated rings. The smallest absolute Gasteiger partial charge is 0.128 e. The SMILES string of the molecule is CNC(Cc1cccc(F)c1)c1c(C)cc(C)cc1F. The number of aryl methyl sites for hydroxylation is 2. The van der Waals surface area contributed by atoms with Crippen LogP contribution >= 0.6 is 0 Å². The molecule has 0 saturated heterocycles. The van der Waals surface area contributed by atoms with Crippen molar-refractivity contribution in [2.24, 2.45) is 0 Å². The van der Waals surface area contributed by atoms with E-state index in [0.29, 0.717) is 12.0 Å². The summed E-state index contributed by atoms with van der Waals surface area (Å²) in [6.07, 6.45) is 0.551. The molecule has 2 aromatic rings. The lowest BCUT2D eigenvalue weighted by atomic mass is 9.93. The molecule has 0 saturated carbocycles. The lowest BCUT2D eigenvalue weighted by Crippen LogP contribution is -2.21. The molecule has 1 nitrogen and oxygen atoms in total. The number of rotatable bonds is 4. The van der Waals surface area contributed by atoms with Crippen molar-refractivity contribution in [1.82, 2.24) is 5.32 Å². The van der Waals surface area contributed by atoms with Crippen LogP contribution in [0.1, 0.15) is 28.3 Å². The minimum absolute atomic E-state index is 0.169. The van der Waals surface area contributed by atoms with Gasteiger partial charge in [-0.2, -0.15) is 0 Å². The van der Waals surface area contributed by atoms with Gasteiger partial charge in [-0.05, 0) is 62.2 Å². The minimum atomic E-state index is -0.265. The Hall–Kier alpha value is -1.74. The van der Waals surface area contributed by atoms with Crippen LogP contribution < -0.4 is 5.32 Å². The Labute approximate surface area is 118 Å². The van der Waals surface area contributed by atoms with Gasteiger partial charge in [0, 0.05) is 11.6 Å². The molecule has 0 radical (unpaired) electrons. The van der Waals surface area contributed by atoms with E-state index in [-0.39, 0.29) is 17.7 Å². The maximum Gasteiger partial charge on any atom is 0.128 e. The predicted octanol–water partition coefficient (Wildman–Crippen LogP) is 4.08. The Morgan fingerprint density at radius 1 is 1.10 bits per heavy atom. The highest BCUT2D eigenvalue weighted by atomic mass is 19.1.